The topological polar surface area (TPSA) is 33.1 Å². The average molecular weight is 419 g/mol. The van der Waals surface area contributed by atoms with Crippen molar-refractivity contribution in [3.63, 3.8) is 0 Å². The SMILES string of the molecule is CCCN1C(=S)NC(c2ccccn2)C1c1cc(C)n(-c2c(C)cccc2C)c1C. The molecular formula is C25H30N4S. The van der Waals surface area contributed by atoms with E-state index < -0.39 is 0 Å². The Morgan fingerprint density at radius 3 is 2.40 bits per heavy atom. The summed E-state index contributed by atoms with van der Waals surface area (Å²) in [6.45, 7) is 11.9. The van der Waals surface area contributed by atoms with Crippen LogP contribution < -0.4 is 5.32 Å². The highest BCUT2D eigenvalue weighted by atomic mass is 32.1. The minimum Gasteiger partial charge on any atom is -0.352 e. The van der Waals surface area contributed by atoms with E-state index in [1.807, 2.05) is 18.3 Å². The first kappa shape index (κ1) is 20.6. The lowest BCUT2D eigenvalue weighted by molar-refractivity contribution is 0.316. The highest BCUT2D eigenvalue weighted by molar-refractivity contribution is 7.80. The molecule has 2 unspecified atom stereocenters. The molecule has 0 spiro atoms. The summed E-state index contributed by atoms with van der Waals surface area (Å²) in [5.74, 6) is 0. The lowest BCUT2D eigenvalue weighted by Gasteiger charge is -2.28. The Bertz CT molecular complexity index is 1050. The first-order valence-corrected chi connectivity index (χ1v) is 11.1. The zero-order valence-corrected chi connectivity index (χ0v) is 19.3. The van der Waals surface area contributed by atoms with Gasteiger partial charge in [-0.2, -0.15) is 0 Å². The second-order valence-corrected chi connectivity index (χ2v) is 8.61. The Balaban J connectivity index is 1.87. The van der Waals surface area contributed by atoms with Crippen molar-refractivity contribution in [3.05, 3.63) is 82.4 Å². The van der Waals surface area contributed by atoms with Crippen molar-refractivity contribution in [2.45, 2.75) is 53.1 Å². The van der Waals surface area contributed by atoms with Gasteiger partial charge in [0.15, 0.2) is 5.11 Å². The number of aryl methyl sites for hydroxylation is 3. The van der Waals surface area contributed by atoms with E-state index in [9.17, 15) is 0 Å². The molecule has 3 aromatic rings. The zero-order chi connectivity index (χ0) is 21.4. The fraction of sp³-hybridized carbons (Fsp3) is 0.360. The molecule has 0 radical (unpaired) electrons. The standard InChI is InChI=1S/C25H30N4S/c1-6-14-28-24(22(27-25(28)30)21-12-7-8-13-26-21)20-15-18(4)29(19(20)5)23-16(2)10-9-11-17(23)3/h7-13,15,22,24H,6,14H2,1-5H3,(H,27,30). The van der Waals surface area contributed by atoms with Crippen molar-refractivity contribution >= 4 is 17.3 Å². The van der Waals surface area contributed by atoms with Gasteiger partial charge in [-0.1, -0.05) is 31.2 Å². The summed E-state index contributed by atoms with van der Waals surface area (Å²) in [6.07, 6.45) is 2.91. The third kappa shape index (κ3) is 3.41. The van der Waals surface area contributed by atoms with Crippen LogP contribution >= 0.6 is 12.2 Å². The van der Waals surface area contributed by atoms with Crippen LogP contribution in [0.5, 0.6) is 0 Å². The summed E-state index contributed by atoms with van der Waals surface area (Å²) >= 11 is 5.76. The molecule has 1 aromatic carbocycles. The zero-order valence-electron chi connectivity index (χ0n) is 18.4. The number of pyridine rings is 1. The van der Waals surface area contributed by atoms with Gasteiger partial charge in [-0.05, 0) is 81.2 Å². The Labute approximate surface area is 184 Å². The van der Waals surface area contributed by atoms with Crippen LogP contribution in [0.2, 0.25) is 0 Å². The van der Waals surface area contributed by atoms with Crippen molar-refractivity contribution < 1.29 is 0 Å². The van der Waals surface area contributed by atoms with Crippen molar-refractivity contribution in [1.29, 1.82) is 0 Å². The van der Waals surface area contributed by atoms with Gasteiger partial charge in [-0.25, -0.2) is 0 Å². The Kier molecular flexibility index (Phi) is 5.65. The number of nitrogens with zero attached hydrogens (tertiary/aromatic N) is 3. The van der Waals surface area contributed by atoms with Crippen molar-refractivity contribution in [2.75, 3.05) is 6.54 Å². The Hall–Kier alpha value is -2.66. The normalized spacial score (nSPS) is 18.7. The third-order valence-corrected chi connectivity index (χ3v) is 6.47. The maximum absolute atomic E-state index is 5.76. The first-order chi connectivity index (χ1) is 14.4. The van der Waals surface area contributed by atoms with E-state index in [1.54, 1.807) is 0 Å². The second-order valence-electron chi connectivity index (χ2n) is 8.22. The van der Waals surface area contributed by atoms with Gasteiger partial charge in [0.25, 0.3) is 0 Å². The van der Waals surface area contributed by atoms with Gasteiger partial charge >= 0.3 is 0 Å². The Morgan fingerprint density at radius 1 is 1.03 bits per heavy atom. The number of nitrogens with one attached hydrogen (secondary N) is 1. The summed E-state index contributed by atoms with van der Waals surface area (Å²) in [5.41, 5.74) is 8.71. The van der Waals surface area contributed by atoms with E-state index in [-0.39, 0.29) is 12.1 Å². The molecule has 4 rings (SSSR count). The predicted molar refractivity (Wildman–Crippen MR) is 127 cm³/mol. The first-order valence-electron chi connectivity index (χ1n) is 10.7. The predicted octanol–water partition coefficient (Wildman–Crippen LogP) is 5.49. The molecule has 1 N–H and O–H groups in total. The largest absolute Gasteiger partial charge is 0.352 e. The molecule has 156 valence electrons. The van der Waals surface area contributed by atoms with Crippen molar-refractivity contribution in [2.24, 2.45) is 0 Å². The van der Waals surface area contributed by atoms with E-state index >= 15 is 0 Å². The number of aromatic nitrogens is 2. The number of thiocarbonyl (C=S) groups is 1. The molecule has 2 aromatic heterocycles. The molecule has 1 fully saturated rings. The fourth-order valence-electron chi connectivity index (χ4n) is 4.82. The highest BCUT2D eigenvalue weighted by Crippen LogP contribution is 2.41. The van der Waals surface area contributed by atoms with Gasteiger partial charge in [0.2, 0.25) is 0 Å². The summed E-state index contributed by atoms with van der Waals surface area (Å²) in [6, 6.07) is 15.1. The maximum atomic E-state index is 5.76. The van der Waals surface area contributed by atoms with Gasteiger partial charge in [0.05, 0.1) is 23.5 Å². The monoisotopic (exact) mass is 418 g/mol. The van der Waals surface area contributed by atoms with Crippen LogP contribution in [0.15, 0.2) is 48.7 Å². The smallest absolute Gasteiger partial charge is 0.170 e. The van der Waals surface area contributed by atoms with Crippen molar-refractivity contribution in [1.82, 2.24) is 19.8 Å². The van der Waals surface area contributed by atoms with Gasteiger partial charge in [0, 0.05) is 24.1 Å². The molecule has 0 bridgehead atoms. The minimum atomic E-state index is 0.0390. The Morgan fingerprint density at radius 2 is 1.77 bits per heavy atom. The van der Waals surface area contributed by atoms with Crippen LogP contribution in [-0.2, 0) is 0 Å². The van der Waals surface area contributed by atoms with E-state index in [2.05, 4.69) is 84.7 Å². The van der Waals surface area contributed by atoms with Crippen LogP contribution in [0.25, 0.3) is 5.69 Å². The number of rotatable bonds is 5. The van der Waals surface area contributed by atoms with E-state index in [4.69, 9.17) is 12.2 Å². The molecule has 0 saturated carbocycles. The van der Waals surface area contributed by atoms with Gasteiger partial charge < -0.3 is 14.8 Å². The molecule has 0 amide bonds. The lowest BCUT2D eigenvalue weighted by atomic mass is 9.96. The number of hydrogen-bond acceptors (Lipinski definition) is 2. The quantitative estimate of drug-likeness (QED) is 0.556. The summed E-state index contributed by atoms with van der Waals surface area (Å²) in [5, 5.41) is 4.37. The molecule has 0 aliphatic carbocycles. The summed E-state index contributed by atoms with van der Waals surface area (Å²) in [4.78, 5) is 6.99. The number of benzene rings is 1. The molecule has 1 aliphatic rings. The highest BCUT2D eigenvalue weighted by Gasteiger charge is 2.41. The van der Waals surface area contributed by atoms with Crippen LogP contribution in [0.3, 0.4) is 0 Å². The summed E-state index contributed by atoms with van der Waals surface area (Å²) < 4.78 is 2.40. The third-order valence-electron chi connectivity index (χ3n) is 6.11. The fourth-order valence-corrected chi connectivity index (χ4v) is 5.15. The maximum Gasteiger partial charge on any atom is 0.170 e. The molecule has 4 nitrogen and oxygen atoms in total. The van der Waals surface area contributed by atoms with Gasteiger partial charge in [0.1, 0.15) is 0 Å². The van der Waals surface area contributed by atoms with E-state index in [0.29, 0.717) is 0 Å². The summed E-state index contributed by atoms with van der Waals surface area (Å²) in [7, 11) is 0. The molecule has 5 heteroatoms. The van der Waals surface area contributed by atoms with Gasteiger partial charge in [-0.3, -0.25) is 4.98 Å². The lowest BCUT2D eigenvalue weighted by Crippen LogP contribution is -2.30. The molecule has 2 atom stereocenters. The van der Waals surface area contributed by atoms with Crippen LogP contribution in [-0.4, -0.2) is 26.1 Å². The van der Waals surface area contributed by atoms with Gasteiger partial charge in [-0.15, -0.1) is 0 Å². The van der Waals surface area contributed by atoms with Crippen LogP contribution in [0, 0.1) is 27.7 Å². The molecule has 3 heterocycles. The minimum absolute atomic E-state index is 0.0390. The van der Waals surface area contributed by atoms with Crippen molar-refractivity contribution in [3.8, 4) is 5.69 Å². The molecular weight excluding hydrogens is 388 g/mol. The average Bonchev–Trinajstić information content (AvgIpc) is 3.20. The number of para-hydroxylation sites is 1. The molecule has 30 heavy (non-hydrogen) atoms. The molecule has 1 saturated heterocycles. The van der Waals surface area contributed by atoms with Crippen LogP contribution in [0.4, 0.5) is 0 Å². The van der Waals surface area contributed by atoms with E-state index in [0.717, 1.165) is 23.8 Å². The second kappa shape index (κ2) is 8.23. The van der Waals surface area contributed by atoms with E-state index in [1.165, 1.54) is 33.8 Å². The number of hydrogen-bond donors (Lipinski definition) is 1. The molecule has 1 aliphatic heterocycles. The van der Waals surface area contributed by atoms with Crippen LogP contribution in [0.1, 0.15) is 59.2 Å².